The number of nitrogens with zero attached hydrogens (tertiary/aromatic N) is 1. The lowest BCUT2D eigenvalue weighted by molar-refractivity contribution is -0.112. The van der Waals surface area contributed by atoms with Gasteiger partial charge in [-0.1, -0.05) is 48.5 Å². The number of allylic oxidation sites excluding steroid dienone is 1. The van der Waals surface area contributed by atoms with Crippen LogP contribution in [0.3, 0.4) is 0 Å². The molecule has 0 unspecified atom stereocenters. The largest absolute Gasteiger partial charge is 0.493 e. The van der Waals surface area contributed by atoms with Crippen molar-refractivity contribution in [3.63, 3.8) is 0 Å². The van der Waals surface area contributed by atoms with E-state index in [4.69, 9.17) is 14.2 Å². The third-order valence-corrected chi connectivity index (χ3v) is 4.83. The van der Waals surface area contributed by atoms with Gasteiger partial charge in [-0.2, -0.15) is 5.26 Å². The highest BCUT2D eigenvalue weighted by Crippen LogP contribution is 2.29. The van der Waals surface area contributed by atoms with Crippen LogP contribution >= 0.6 is 0 Å². The number of carbonyl (C=O) groups excluding carboxylic acids is 1. The second-order valence-electron chi connectivity index (χ2n) is 7.20. The number of hydrogen-bond donors (Lipinski definition) is 1. The minimum atomic E-state index is -0.484. The fourth-order valence-electron chi connectivity index (χ4n) is 3.20. The summed E-state index contributed by atoms with van der Waals surface area (Å²) in [4.78, 5) is 12.4. The first-order chi connectivity index (χ1) is 16.6. The van der Waals surface area contributed by atoms with Gasteiger partial charge in [0.1, 0.15) is 30.6 Å². The summed E-state index contributed by atoms with van der Waals surface area (Å²) in [6.45, 7) is 4.45. The van der Waals surface area contributed by atoms with Crippen LogP contribution in [0.5, 0.6) is 17.2 Å². The number of benzene rings is 3. The summed E-state index contributed by atoms with van der Waals surface area (Å²) in [5.74, 6) is 1.34. The van der Waals surface area contributed by atoms with E-state index in [2.05, 4.69) is 11.9 Å². The van der Waals surface area contributed by atoms with Crippen molar-refractivity contribution in [1.82, 2.24) is 0 Å². The summed E-state index contributed by atoms with van der Waals surface area (Å²) in [5.41, 5.74) is 2.30. The number of carbonyl (C=O) groups is 1. The maximum Gasteiger partial charge on any atom is 0.266 e. The summed E-state index contributed by atoms with van der Waals surface area (Å²) in [7, 11) is 1.53. The van der Waals surface area contributed by atoms with Gasteiger partial charge in [0.2, 0.25) is 0 Å². The Bertz CT molecular complexity index is 1200. The SMILES string of the molecule is C=CCc1ccccc1OCCOc1ccc(/C=C(\C#N)C(=O)Nc2ccccc2)cc1OC. The molecule has 0 saturated carbocycles. The first-order valence-electron chi connectivity index (χ1n) is 10.7. The molecule has 3 aromatic carbocycles. The van der Waals surface area contributed by atoms with Crippen LogP contribution < -0.4 is 19.5 Å². The van der Waals surface area contributed by atoms with E-state index in [1.165, 1.54) is 13.2 Å². The predicted octanol–water partition coefficient (Wildman–Crippen LogP) is 5.43. The molecule has 0 saturated heterocycles. The number of methoxy groups -OCH3 is 1. The van der Waals surface area contributed by atoms with E-state index < -0.39 is 5.91 Å². The molecule has 0 fully saturated rings. The van der Waals surface area contributed by atoms with Crippen molar-refractivity contribution in [1.29, 1.82) is 5.26 Å². The monoisotopic (exact) mass is 454 g/mol. The molecule has 0 heterocycles. The van der Waals surface area contributed by atoms with E-state index in [9.17, 15) is 10.1 Å². The van der Waals surface area contributed by atoms with Crippen molar-refractivity contribution in [3.8, 4) is 23.3 Å². The Hall–Kier alpha value is -4.50. The van der Waals surface area contributed by atoms with Gasteiger partial charge in [-0.3, -0.25) is 4.79 Å². The number of nitrogens with one attached hydrogen (secondary N) is 1. The van der Waals surface area contributed by atoms with Gasteiger partial charge in [0.25, 0.3) is 5.91 Å². The highest BCUT2D eigenvalue weighted by atomic mass is 16.5. The molecule has 3 aromatic rings. The molecule has 6 nitrogen and oxygen atoms in total. The molecule has 34 heavy (non-hydrogen) atoms. The zero-order chi connectivity index (χ0) is 24.2. The van der Waals surface area contributed by atoms with E-state index in [0.29, 0.717) is 36.0 Å². The molecule has 0 aliphatic rings. The fourth-order valence-corrected chi connectivity index (χ4v) is 3.20. The van der Waals surface area contributed by atoms with Gasteiger partial charge in [0, 0.05) is 5.69 Å². The smallest absolute Gasteiger partial charge is 0.266 e. The molecule has 6 heteroatoms. The standard InChI is InChI=1S/C28H26N2O4/c1-3-9-22-10-7-8-13-25(22)33-16-17-34-26-15-14-21(19-27(26)32-2)18-23(20-29)28(31)30-24-11-5-4-6-12-24/h3-8,10-15,18-19H,1,9,16-17H2,2H3,(H,30,31)/b23-18+. The number of nitriles is 1. The van der Waals surface area contributed by atoms with Crippen molar-refractivity contribution >= 4 is 17.7 Å². The lowest BCUT2D eigenvalue weighted by atomic mass is 10.1. The number of amides is 1. The Morgan fingerprint density at radius 2 is 1.68 bits per heavy atom. The van der Waals surface area contributed by atoms with Gasteiger partial charge >= 0.3 is 0 Å². The average Bonchev–Trinajstić information content (AvgIpc) is 2.87. The van der Waals surface area contributed by atoms with Crippen LogP contribution in [0.15, 0.2) is 91.0 Å². The van der Waals surface area contributed by atoms with Gasteiger partial charge in [-0.25, -0.2) is 0 Å². The third kappa shape index (κ3) is 6.75. The number of para-hydroxylation sites is 2. The molecule has 0 aliphatic carbocycles. The van der Waals surface area contributed by atoms with Gasteiger partial charge < -0.3 is 19.5 Å². The van der Waals surface area contributed by atoms with Crippen LogP contribution in [-0.4, -0.2) is 26.2 Å². The van der Waals surface area contributed by atoms with Crippen LogP contribution in [0, 0.1) is 11.3 Å². The predicted molar refractivity (Wildman–Crippen MR) is 133 cm³/mol. The quantitative estimate of drug-likeness (QED) is 0.181. The number of anilines is 1. The molecule has 3 rings (SSSR count). The molecule has 172 valence electrons. The van der Waals surface area contributed by atoms with Crippen LogP contribution in [0.2, 0.25) is 0 Å². The molecule has 0 radical (unpaired) electrons. The molecule has 0 bridgehead atoms. The fraction of sp³-hybridized carbons (Fsp3) is 0.143. The van der Waals surface area contributed by atoms with Crippen molar-refractivity contribution in [2.75, 3.05) is 25.6 Å². The van der Waals surface area contributed by atoms with Crippen LogP contribution in [-0.2, 0) is 11.2 Å². The van der Waals surface area contributed by atoms with Crippen molar-refractivity contribution in [2.24, 2.45) is 0 Å². The second-order valence-corrected chi connectivity index (χ2v) is 7.20. The molecule has 1 N–H and O–H groups in total. The Balaban J connectivity index is 1.63. The van der Waals surface area contributed by atoms with Crippen molar-refractivity contribution in [3.05, 3.63) is 102 Å². The lowest BCUT2D eigenvalue weighted by Crippen LogP contribution is -2.13. The molecule has 0 aromatic heterocycles. The normalized spacial score (nSPS) is 10.6. The summed E-state index contributed by atoms with van der Waals surface area (Å²) < 4.78 is 17.1. The molecular formula is C28H26N2O4. The molecular weight excluding hydrogens is 428 g/mol. The van der Waals surface area contributed by atoms with E-state index in [0.717, 1.165) is 17.7 Å². The zero-order valence-electron chi connectivity index (χ0n) is 19.0. The Kier molecular flexibility index (Phi) is 8.89. The van der Waals surface area contributed by atoms with E-state index in [1.807, 2.05) is 42.5 Å². The summed E-state index contributed by atoms with van der Waals surface area (Å²) >= 11 is 0. The Morgan fingerprint density at radius 1 is 0.971 bits per heavy atom. The van der Waals surface area contributed by atoms with Crippen LogP contribution in [0.25, 0.3) is 6.08 Å². The van der Waals surface area contributed by atoms with E-state index >= 15 is 0 Å². The van der Waals surface area contributed by atoms with E-state index in [1.54, 1.807) is 42.5 Å². The second kappa shape index (κ2) is 12.5. The minimum absolute atomic E-state index is 0.0221. The molecule has 0 atom stereocenters. The summed E-state index contributed by atoms with van der Waals surface area (Å²) in [5, 5.41) is 12.2. The first kappa shape index (κ1) is 24.1. The van der Waals surface area contributed by atoms with Crippen LogP contribution in [0.4, 0.5) is 5.69 Å². The Labute approximate surface area is 199 Å². The highest BCUT2D eigenvalue weighted by Gasteiger charge is 2.11. The molecule has 0 spiro atoms. The summed E-state index contributed by atoms with van der Waals surface area (Å²) in [6, 6.07) is 23.9. The first-order valence-corrected chi connectivity index (χ1v) is 10.7. The van der Waals surface area contributed by atoms with Crippen LogP contribution in [0.1, 0.15) is 11.1 Å². The highest BCUT2D eigenvalue weighted by molar-refractivity contribution is 6.09. The maximum atomic E-state index is 12.4. The number of ether oxygens (including phenoxy) is 3. The van der Waals surface area contributed by atoms with Crippen molar-refractivity contribution < 1.29 is 19.0 Å². The topological polar surface area (TPSA) is 80.6 Å². The van der Waals surface area contributed by atoms with Gasteiger partial charge in [-0.15, -0.1) is 6.58 Å². The Morgan fingerprint density at radius 3 is 2.38 bits per heavy atom. The lowest BCUT2D eigenvalue weighted by Gasteiger charge is -2.13. The average molecular weight is 455 g/mol. The molecule has 0 aliphatic heterocycles. The van der Waals surface area contributed by atoms with Gasteiger partial charge in [-0.05, 0) is 54.0 Å². The zero-order valence-corrected chi connectivity index (χ0v) is 19.0. The number of rotatable bonds is 11. The van der Waals surface area contributed by atoms with E-state index in [-0.39, 0.29) is 5.57 Å². The molecule has 1 amide bonds. The van der Waals surface area contributed by atoms with Gasteiger partial charge in [0.15, 0.2) is 11.5 Å². The third-order valence-electron chi connectivity index (χ3n) is 4.83. The number of hydrogen-bond acceptors (Lipinski definition) is 5. The minimum Gasteiger partial charge on any atom is -0.493 e. The summed E-state index contributed by atoms with van der Waals surface area (Å²) in [6.07, 6.45) is 4.07. The maximum absolute atomic E-state index is 12.4. The van der Waals surface area contributed by atoms with Gasteiger partial charge in [0.05, 0.1) is 7.11 Å². The van der Waals surface area contributed by atoms with Crippen molar-refractivity contribution in [2.45, 2.75) is 6.42 Å².